The molecule has 0 saturated heterocycles. The Morgan fingerprint density at radius 3 is 2.73 bits per heavy atom. The molecule has 2 N–H and O–H groups in total. The van der Waals surface area contributed by atoms with E-state index in [4.69, 9.17) is 5.73 Å². The molecule has 0 aromatic carbocycles. The largest absolute Gasteiger partial charge is 0.327 e. The Hall–Kier alpha value is -0.610. The van der Waals surface area contributed by atoms with Crippen LogP contribution in [0.2, 0.25) is 0 Å². The monoisotopic (exact) mass is 169 g/mol. The molecule has 0 spiro atoms. The minimum Gasteiger partial charge on any atom is -0.327 e. The van der Waals surface area contributed by atoms with Gasteiger partial charge in [-0.3, -0.25) is 0 Å². The van der Waals surface area contributed by atoms with E-state index in [-0.39, 0.29) is 6.04 Å². The van der Waals surface area contributed by atoms with E-state index >= 15 is 0 Å². The van der Waals surface area contributed by atoms with Crippen molar-refractivity contribution in [3.05, 3.63) is 18.5 Å². The highest BCUT2D eigenvalue weighted by molar-refractivity contribution is 7.99. The van der Waals surface area contributed by atoms with Crippen molar-refractivity contribution < 1.29 is 0 Å². The zero-order chi connectivity index (χ0) is 8.10. The van der Waals surface area contributed by atoms with Gasteiger partial charge < -0.3 is 5.73 Å². The van der Waals surface area contributed by atoms with Crippen LogP contribution in [-0.4, -0.2) is 21.8 Å². The van der Waals surface area contributed by atoms with Crippen molar-refractivity contribution in [1.82, 2.24) is 9.97 Å². The molecule has 0 fully saturated rings. The highest BCUT2D eigenvalue weighted by Crippen LogP contribution is 2.10. The van der Waals surface area contributed by atoms with Crippen molar-refractivity contribution in [3.63, 3.8) is 0 Å². The van der Waals surface area contributed by atoms with Crippen LogP contribution in [0.15, 0.2) is 23.6 Å². The van der Waals surface area contributed by atoms with Gasteiger partial charge in [0.15, 0.2) is 5.16 Å². The molecular weight excluding hydrogens is 158 g/mol. The van der Waals surface area contributed by atoms with Crippen molar-refractivity contribution in [3.8, 4) is 0 Å². The van der Waals surface area contributed by atoms with Gasteiger partial charge in [0.05, 0.1) is 0 Å². The number of aromatic nitrogens is 2. The molecule has 1 aromatic heterocycles. The third-order valence-electron chi connectivity index (χ3n) is 1.02. The van der Waals surface area contributed by atoms with Crippen molar-refractivity contribution in [1.29, 1.82) is 0 Å². The molecule has 1 unspecified atom stereocenters. The lowest BCUT2D eigenvalue weighted by atomic mass is 10.4. The predicted molar refractivity (Wildman–Crippen MR) is 46.4 cm³/mol. The fourth-order valence-corrected chi connectivity index (χ4v) is 1.25. The average molecular weight is 169 g/mol. The maximum Gasteiger partial charge on any atom is 0.187 e. The van der Waals surface area contributed by atoms with E-state index in [0.717, 1.165) is 10.9 Å². The Bertz CT molecular complexity index is 200. The Morgan fingerprint density at radius 1 is 1.55 bits per heavy atom. The molecule has 0 saturated carbocycles. The summed E-state index contributed by atoms with van der Waals surface area (Å²) in [6, 6.07) is 2.00. The molecule has 1 aromatic rings. The van der Waals surface area contributed by atoms with Crippen LogP contribution >= 0.6 is 11.8 Å². The van der Waals surface area contributed by atoms with Crippen LogP contribution in [0.5, 0.6) is 0 Å². The maximum absolute atomic E-state index is 5.56. The van der Waals surface area contributed by atoms with Gasteiger partial charge in [0.25, 0.3) is 0 Å². The van der Waals surface area contributed by atoms with Crippen LogP contribution in [0.3, 0.4) is 0 Å². The second-order valence-electron chi connectivity index (χ2n) is 2.32. The second kappa shape index (κ2) is 4.31. The van der Waals surface area contributed by atoms with E-state index in [2.05, 4.69) is 9.97 Å². The first-order valence-electron chi connectivity index (χ1n) is 3.44. The SMILES string of the molecule is CC(N)CSc1ncccn1. The molecule has 0 amide bonds. The van der Waals surface area contributed by atoms with Crippen LogP contribution in [0.25, 0.3) is 0 Å². The van der Waals surface area contributed by atoms with Gasteiger partial charge in [-0.1, -0.05) is 11.8 Å². The Balaban J connectivity index is 2.39. The van der Waals surface area contributed by atoms with E-state index < -0.39 is 0 Å². The molecule has 4 heteroatoms. The third kappa shape index (κ3) is 3.34. The van der Waals surface area contributed by atoms with Gasteiger partial charge in [-0.25, -0.2) is 9.97 Å². The van der Waals surface area contributed by atoms with Gasteiger partial charge in [-0.05, 0) is 13.0 Å². The molecular formula is C7H11N3S. The molecule has 11 heavy (non-hydrogen) atoms. The summed E-state index contributed by atoms with van der Waals surface area (Å²) in [5.74, 6) is 0.865. The quantitative estimate of drug-likeness (QED) is 0.540. The standard InChI is InChI=1S/C7H11N3S/c1-6(8)5-11-7-9-3-2-4-10-7/h2-4,6H,5,8H2,1H3. The Kier molecular flexibility index (Phi) is 3.32. The summed E-state index contributed by atoms with van der Waals surface area (Å²) >= 11 is 1.58. The van der Waals surface area contributed by atoms with Crippen LogP contribution in [-0.2, 0) is 0 Å². The fraction of sp³-hybridized carbons (Fsp3) is 0.429. The highest BCUT2D eigenvalue weighted by atomic mass is 32.2. The zero-order valence-corrected chi connectivity index (χ0v) is 7.21. The first kappa shape index (κ1) is 8.49. The van der Waals surface area contributed by atoms with Crippen molar-refractivity contribution in [2.45, 2.75) is 18.1 Å². The Labute approximate surface area is 70.4 Å². The normalized spacial score (nSPS) is 12.9. The maximum atomic E-state index is 5.56. The molecule has 0 radical (unpaired) electrons. The zero-order valence-electron chi connectivity index (χ0n) is 6.40. The number of hydrogen-bond donors (Lipinski definition) is 1. The van der Waals surface area contributed by atoms with Gasteiger partial charge in [-0.15, -0.1) is 0 Å². The van der Waals surface area contributed by atoms with E-state index in [9.17, 15) is 0 Å². The molecule has 0 aliphatic carbocycles. The molecule has 0 aliphatic heterocycles. The molecule has 1 atom stereocenters. The van der Waals surface area contributed by atoms with Gasteiger partial charge >= 0.3 is 0 Å². The number of rotatable bonds is 3. The first-order chi connectivity index (χ1) is 5.29. The van der Waals surface area contributed by atoms with E-state index in [0.29, 0.717) is 0 Å². The van der Waals surface area contributed by atoms with Crippen molar-refractivity contribution in [2.75, 3.05) is 5.75 Å². The number of thioether (sulfide) groups is 1. The molecule has 60 valence electrons. The summed E-state index contributed by atoms with van der Waals surface area (Å²) < 4.78 is 0. The smallest absolute Gasteiger partial charge is 0.187 e. The highest BCUT2D eigenvalue weighted by Gasteiger charge is 1.97. The second-order valence-corrected chi connectivity index (χ2v) is 3.31. The number of hydrogen-bond acceptors (Lipinski definition) is 4. The number of nitrogens with two attached hydrogens (primary N) is 1. The lowest BCUT2D eigenvalue weighted by molar-refractivity contribution is 0.841. The van der Waals surface area contributed by atoms with Crippen molar-refractivity contribution in [2.24, 2.45) is 5.73 Å². The summed E-state index contributed by atoms with van der Waals surface area (Å²) in [6.45, 7) is 1.97. The van der Waals surface area contributed by atoms with E-state index in [1.807, 2.05) is 6.92 Å². The van der Waals surface area contributed by atoms with Crippen LogP contribution in [0.4, 0.5) is 0 Å². The lowest BCUT2D eigenvalue weighted by Gasteiger charge is -2.01. The van der Waals surface area contributed by atoms with Crippen molar-refractivity contribution >= 4 is 11.8 Å². The van der Waals surface area contributed by atoms with Gasteiger partial charge in [-0.2, -0.15) is 0 Å². The van der Waals surface area contributed by atoms with Gasteiger partial charge in [0.1, 0.15) is 0 Å². The van der Waals surface area contributed by atoms with Crippen LogP contribution in [0, 0.1) is 0 Å². The minimum atomic E-state index is 0.198. The lowest BCUT2D eigenvalue weighted by Crippen LogP contribution is -2.17. The minimum absolute atomic E-state index is 0.198. The summed E-state index contributed by atoms with van der Waals surface area (Å²) in [5, 5.41) is 0.796. The van der Waals surface area contributed by atoms with Gasteiger partial charge in [0, 0.05) is 24.2 Å². The molecule has 1 rings (SSSR count). The first-order valence-corrected chi connectivity index (χ1v) is 4.43. The molecule has 1 heterocycles. The predicted octanol–water partition coefficient (Wildman–Crippen LogP) is 0.916. The summed E-state index contributed by atoms with van der Waals surface area (Å²) in [7, 11) is 0. The fourth-order valence-electron chi connectivity index (χ4n) is 0.566. The molecule has 0 aliphatic rings. The van der Waals surface area contributed by atoms with Gasteiger partial charge in [0.2, 0.25) is 0 Å². The topological polar surface area (TPSA) is 51.8 Å². The third-order valence-corrected chi connectivity index (χ3v) is 2.18. The van der Waals surface area contributed by atoms with E-state index in [1.165, 1.54) is 0 Å². The summed E-state index contributed by atoms with van der Waals surface area (Å²) in [5.41, 5.74) is 5.56. The average Bonchev–Trinajstić information content (AvgIpc) is 2.03. The Morgan fingerprint density at radius 2 is 2.18 bits per heavy atom. The summed E-state index contributed by atoms with van der Waals surface area (Å²) in [4.78, 5) is 8.09. The number of nitrogens with zero attached hydrogens (tertiary/aromatic N) is 2. The molecule has 0 bridgehead atoms. The molecule has 3 nitrogen and oxygen atoms in total. The van der Waals surface area contributed by atoms with E-state index in [1.54, 1.807) is 30.2 Å². The van der Waals surface area contributed by atoms with Crippen LogP contribution in [0.1, 0.15) is 6.92 Å². The van der Waals surface area contributed by atoms with Crippen LogP contribution < -0.4 is 5.73 Å². The summed E-state index contributed by atoms with van der Waals surface area (Å²) in [6.07, 6.45) is 3.47.